The zero-order chi connectivity index (χ0) is 29.1. The number of nitrogens with one attached hydrogen (secondary N) is 2. The van der Waals surface area contributed by atoms with Gasteiger partial charge in [0.1, 0.15) is 12.6 Å². The van der Waals surface area contributed by atoms with Crippen molar-refractivity contribution in [2.75, 3.05) is 0 Å². The van der Waals surface area contributed by atoms with Crippen LogP contribution in [0.1, 0.15) is 62.3 Å². The zero-order valence-electron chi connectivity index (χ0n) is 23.5. The highest BCUT2D eigenvalue weighted by molar-refractivity contribution is 5.99. The van der Waals surface area contributed by atoms with E-state index >= 15 is 0 Å². The van der Waals surface area contributed by atoms with Gasteiger partial charge in [0.15, 0.2) is 0 Å². The molecule has 3 aromatic rings. The Morgan fingerprint density at radius 2 is 1.43 bits per heavy atom. The van der Waals surface area contributed by atoms with E-state index in [2.05, 4.69) is 15.7 Å². The fourth-order valence-electron chi connectivity index (χ4n) is 4.16. The Morgan fingerprint density at radius 1 is 0.850 bits per heavy atom. The van der Waals surface area contributed by atoms with Gasteiger partial charge in [0.25, 0.3) is 5.89 Å². The molecule has 0 fully saturated rings. The second kappa shape index (κ2) is 14.8. The average Bonchev–Trinajstić information content (AvgIpc) is 3.30. The highest BCUT2D eigenvalue weighted by atomic mass is 16.5. The number of carbonyl (C=O) groups is 3. The number of aryl methyl sites for hydroxylation is 2. The molecular formula is C30H38N4O6. The number of benzene rings is 2. The van der Waals surface area contributed by atoms with Crippen molar-refractivity contribution in [3.63, 3.8) is 0 Å². The molecule has 0 saturated heterocycles. The molecule has 214 valence electrons. The largest absolute Gasteiger partial charge is 0.445 e. The SMILES string of the molecule is CC(C)C[C@H](NC(=O)OCc1ccccc1)C(=O)N[C@@H](CC(C)C)C(=O)c1nn(CCc2ccccc2)c(=O)o1. The molecule has 0 unspecified atom stereocenters. The van der Waals surface area contributed by atoms with Crippen molar-refractivity contribution in [2.24, 2.45) is 11.8 Å². The monoisotopic (exact) mass is 550 g/mol. The van der Waals surface area contributed by atoms with E-state index in [1.807, 2.05) is 88.4 Å². The number of rotatable bonds is 14. The van der Waals surface area contributed by atoms with Crippen LogP contribution in [0.2, 0.25) is 0 Å². The van der Waals surface area contributed by atoms with E-state index in [0.29, 0.717) is 12.8 Å². The van der Waals surface area contributed by atoms with E-state index in [9.17, 15) is 19.2 Å². The second-order valence-electron chi connectivity index (χ2n) is 10.6. The first-order chi connectivity index (χ1) is 19.1. The van der Waals surface area contributed by atoms with Crippen LogP contribution in [0.5, 0.6) is 0 Å². The fourth-order valence-corrected chi connectivity index (χ4v) is 4.16. The van der Waals surface area contributed by atoms with Gasteiger partial charge in [-0.1, -0.05) is 88.4 Å². The standard InChI is InChI=1S/C30H38N4O6/c1-20(2)17-24(26(35)28-33-34(30(38)40-28)16-15-22-11-7-5-8-12-22)31-27(36)25(18-21(3)4)32-29(37)39-19-23-13-9-6-10-14-23/h5-14,20-21,24-25H,15-19H2,1-4H3,(H,31,36)(H,32,37)/t24-,25-/m0/s1. The van der Waals surface area contributed by atoms with Gasteiger partial charge in [0.05, 0.1) is 12.6 Å². The van der Waals surface area contributed by atoms with E-state index in [4.69, 9.17) is 9.15 Å². The molecule has 10 nitrogen and oxygen atoms in total. The molecule has 2 aromatic carbocycles. The lowest BCUT2D eigenvalue weighted by atomic mass is 9.98. The first-order valence-corrected chi connectivity index (χ1v) is 13.6. The minimum absolute atomic E-state index is 0.0356. The van der Waals surface area contributed by atoms with Crippen molar-refractivity contribution in [1.82, 2.24) is 20.4 Å². The van der Waals surface area contributed by atoms with Crippen molar-refractivity contribution >= 4 is 17.8 Å². The van der Waals surface area contributed by atoms with Crippen molar-refractivity contribution in [3.8, 4) is 0 Å². The van der Waals surface area contributed by atoms with Gasteiger partial charge in [0, 0.05) is 0 Å². The maximum atomic E-state index is 13.3. The molecule has 0 bridgehead atoms. The number of carbonyl (C=O) groups excluding carboxylic acids is 3. The van der Waals surface area contributed by atoms with E-state index < -0.39 is 35.6 Å². The third-order valence-corrected chi connectivity index (χ3v) is 6.14. The molecule has 2 atom stereocenters. The van der Waals surface area contributed by atoms with Crippen LogP contribution in [-0.2, 0) is 29.1 Å². The lowest BCUT2D eigenvalue weighted by Gasteiger charge is -2.24. The van der Waals surface area contributed by atoms with Crippen molar-refractivity contribution in [1.29, 1.82) is 0 Å². The third-order valence-electron chi connectivity index (χ3n) is 6.14. The molecule has 0 aliphatic heterocycles. The predicted molar refractivity (Wildman–Crippen MR) is 150 cm³/mol. The minimum Gasteiger partial charge on any atom is -0.445 e. The summed E-state index contributed by atoms with van der Waals surface area (Å²) in [5, 5.41) is 9.47. The van der Waals surface area contributed by atoms with Crippen molar-refractivity contribution < 1.29 is 23.5 Å². The molecule has 10 heteroatoms. The molecule has 0 aliphatic carbocycles. The molecule has 1 aromatic heterocycles. The summed E-state index contributed by atoms with van der Waals surface area (Å²) in [5.41, 5.74) is 1.83. The number of amides is 2. The van der Waals surface area contributed by atoms with Gasteiger partial charge >= 0.3 is 11.8 Å². The molecule has 40 heavy (non-hydrogen) atoms. The highest BCUT2D eigenvalue weighted by Crippen LogP contribution is 2.13. The number of Topliss-reactive ketones (excluding diaryl/α,β-unsaturated/α-hetero) is 1. The Kier molecular flexibility index (Phi) is 11.2. The van der Waals surface area contributed by atoms with Crippen LogP contribution >= 0.6 is 0 Å². The van der Waals surface area contributed by atoms with Crippen LogP contribution in [-0.4, -0.2) is 39.6 Å². The zero-order valence-corrected chi connectivity index (χ0v) is 23.5. The molecule has 0 spiro atoms. The molecule has 2 N–H and O–H groups in total. The summed E-state index contributed by atoms with van der Waals surface area (Å²) < 4.78 is 11.6. The fraction of sp³-hybridized carbons (Fsp3) is 0.433. The highest BCUT2D eigenvalue weighted by Gasteiger charge is 2.31. The average molecular weight is 551 g/mol. The van der Waals surface area contributed by atoms with Gasteiger partial charge in [-0.05, 0) is 42.2 Å². The van der Waals surface area contributed by atoms with Crippen LogP contribution in [0.3, 0.4) is 0 Å². The first-order valence-electron chi connectivity index (χ1n) is 13.6. The Bertz CT molecular complexity index is 1300. The van der Waals surface area contributed by atoms with E-state index in [0.717, 1.165) is 15.8 Å². The number of alkyl carbamates (subject to hydrolysis) is 1. The van der Waals surface area contributed by atoms with Crippen molar-refractivity contribution in [2.45, 2.75) is 72.2 Å². The van der Waals surface area contributed by atoms with Crippen LogP contribution in [0.4, 0.5) is 4.79 Å². The number of ketones is 1. The number of hydrogen-bond donors (Lipinski definition) is 2. The van der Waals surface area contributed by atoms with Gasteiger partial charge < -0.3 is 19.8 Å². The lowest BCUT2D eigenvalue weighted by Crippen LogP contribution is -2.52. The molecule has 0 aliphatic rings. The van der Waals surface area contributed by atoms with Gasteiger partial charge in [-0.3, -0.25) is 9.59 Å². The molecule has 0 radical (unpaired) electrons. The summed E-state index contributed by atoms with van der Waals surface area (Å²) in [4.78, 5) is 51.5. The van der Waals surface area contributed by atoms with Crippen LogP contribution in [0.15, 0.2) is 69.9 Å². The van der Waals surface area contributed by atoms with Gasteiger partial charge in [-0.15, -0.1) is 5.10 Å². The summed E-state index contributed by atoms with van der Waals surface area (Å²) in [5.74, 6) is -2.13. The number of nitrogens with zero attached hydrogens (tertiary/aromatic N) is 2. The van der Waals surface area contributed by atoms with E-state index in [1.54, 1.807) is 0 Å². The van der Waals surface area contributed by atoms with Crippen molar-refractivity contribution in [3.05, 3.63) is 88.2 Å². The summed E-state index contributed by atoms with van der Waals surface area (Å²) in [7, 11) is 0. The van der Waals surface area contributed by atoms with Gasteiger partial charge in [0.2, 0.25) is 11.7 Å². The summed E-state index contributed by atoms with van der Waals surface area (Å²) in [6.07, 6.45) is 0.422. The lowest BCUT2D eigenvalue weighted by molar-refractivity contribution is -0.124. The van der Waals surface area contributed by atoms with Gasteiger partial charge in [-0.2, -0.15) is 4.68 Å². The Balaban J connectivity index is 1.68. The quantitative estimate of drug-likeness (QED) is 0.288. The van der Waals surface area contributed by atoms with Crippen LogP contribution in [0, 0.1) is 11.8 Å². The number of aromatic nitrogens is 2. The summed E-state index contributed by atoms with van der Waals surface area (Å²) in [6.45, 7) is 7.96. The van der Waals surface area contributed by atoms with E-state index in [1.165, 1.54) is 0 Å². The number of ether oxygens (including phenoxy) is 1. The topological polar surface area (TPSA) is 133 Å². The normalized spacial score (nSPS) is 12.7. The molecular weight excluding hydrogens is 512 g/mol. The number of hydrogen-bond acceptors (Lipinski definition) is 7. The molecule has 3 rings (SSSR count). The molecule has 0 saturated carbocycles. The van der Waals surface area contributed by atoms with E-state index in [-0.39, 0.29) is 37.3 Å². The Labute approximate surface area is 234 Å². The Hall–Kier alpha value is -4.21. The smallest absolute Gasteiger partial charge is 0.437 e. The van der Waals surface area contributed by atoms with Crippen LogP contribution in [0.25, 0.3) is 0 Å². The first kappa shape index (κ1) is 30.3. The maximum absolute atomic E-state index is 13.3. The van der Waals surface area contributed by atoms with Gasteiger partial charge in [-0.25, -0.2) is 9.59 Å². The third kappa shape index (κ3) is 9.52. The Morgan fingerprint density at radius 3 is 2.02 bits per heavy atom. The molecule has 1 heterocycles. The van der Waals surface area contributed by atoms with Crippen LogP contribution < -0.4 is 16.4 Å². The predicted octanol–water partition coefficient (Wildman–Crippen LogP) is 4.13. The minimum atomic E-state index is -0.995. The summed E-state index contributed by atoms with van der Waals surface area (Å²) in [6, 6.07) is 16.9. The molecule has 2 amide bonds. The maximum Gasteiger partial charge on any atom is 0.437 e. The second-order valence-corrected chi connectivity index (χ2v) is 10.6. The summed E-state index contributed by atoms with van der Waals surface area (Å²) >= 11 is 0.